The predicted molar refractivity (Wildman–Crippen MR) is 92.7 cm³/mol. The third-order valence-electron chi connectivity index (χ3n) is 4.19. The first-order valence-electron chi connectivity index (χ1n) is 7.93. The second-order valence-corrected chi connectivity index (χ2v) is 6.70. The molecule has 6 heteroatoms. The van der Waals surface area contributed by atoms with Crippen LogP contribution in [-0.4, -0.2) is 31.7 Å². The predicted octanol–water partition coefficient (Wildman–Crippen LogP) is 3.13. The van der Waals surface area contributed by atoms with Crippen LogP contribution in [0, 0.1) is 0 Å². The lowest BCUT2D eigenvalue weighted by Crippen LogP contribution is -2.05. The number of para-hydroxylation sites is 1. The Morgan fingerprint density at radius 3 is 2.79 bits per heavy atom. The summed E-state index contributed by atoms with van der Waals surface area (Å²) >= 11 is 1.36. The van der Waals surface area contributed by atoms with Gasteiger partial charge in [-0.1, -0.05) is 42.1 Å². The SMILES string of the molecule is O=C(CSc1nnnn1-c1ccccc1)c1ccc2c(c1)CCC2. The van der Waals surface area contributed by atoms with Crippen LogP contribution >= 0.6 is 11.8 Å². The lowest BCUT2D eigenvalue weighted by molar-refractivity contribution is 0.102. The summed E-state index contributed by atoms with van der Waals surface area (Å²) < 4.78 is 1.65. The average molecular weight is 336 g/mol. The van der Waals surface area contributed by atoms with E-state index >= 15 is 0 Å². The molecule has 1 aliphatic rings. The third-order valence-corrected chi connectivity index (χ3v) is 5.11. The average Bonchev–Trinajstić information content (AvgIpc) is 3.28. The molecular weight excluding hydrogens is 320 g/mol. The summed E-state index contributed by atoms with van der Waals surface area (Å²) in [6, 6.07) is 15.7. The van der Waals surface area contributed by atoms with E-state index < -0.39 is 0 Å². The number of fused-ring (bicyclic) bond motifs is 1. The number of aromatic nitrogens is 4. The Kier molecular flexibility index (Phi) is 4.13. The zero-order valence-corrected chi connectivity index (χ0v) is 13.9. The van der Waals surface area contributed by atoms with Gasteiger partial charge >= 0.3 is 0 Å². The number of hydrogen-bond donors (Lipinski definition) is 0. The molecule has 1 aliphatic carbocycles. The molecule has 0 bridgehead atoms. The van der Waals surface area contributed by atoms with Gasteiger partial charge in [-0.2, -0.15) is 4.68 Å². The van der Waals surface area contributed by atoms with Crippen LogP contribution in [0.15, 0.2) is 53.7 Å². The summed E-state index contributed by atoms with van der Waals surface area (Å²) in [4.78, 5) is 12.5. The van der Waals surface area contributed by atoms with Gasteiger partial charge in [0.25, 0.3) is 0 Å². The van der Waals surface area contributed by atoms with E-state index in [4.69, 9.17) is 0 Å². The van der Waals surface area contributed by atoms with Crippen LogP contribution in [0.2, 0.25) is 0 Å². The van der Waals surface area contributed by atoms with Crippen molar-refractivity contribution in [1.82, 2.24) is 20.2 Å². The largest absolute Gasteiger partial charge is 0.293 e. The van der Waals surface area contributed by atoms with Crippen LogP contribution in [0.5, 0.6) is 0 Å². The zero-order valence-electron chi connectivity index (χ0n) is 13.1. The van der Waals surface area contributed by atoms with Gasteiger partial charge in [0.2, 0.25) is 5.16 Å². The van der Waals surface area contributed by atoms with Crippen molar-refractivity contribution in [3.05, 3.63) is 65.2 Å². The van der Waals surface area contributed by atoms with Crippen molar-refractivity contribution in [2.45, 2.75) is 24.4 Å². The van der Waals surface area contributed by atoms with Crippen molar-refractivity contribution in [3.8, 4) is 5.69 Å². The van der Waals surface area contributed by atoms with Crippen molar-refractivity contribution >= 4 is 17.5 Å². The maximum absolute atomic E-state index is 12.5. The number of Topliss-reactive ketones (excluding diaryl/α,β-unsaturated/α-hetero) is 1. The Morgan fingerprint density at radius 2 is 1.92 bits per heavy atom. The fourth-order valence-electron chi connectivity index (χ4n) is 2.96. The highest BCUT2D eigenvalue weighted by Crippen LogP contribution is 2.24. The zero-order chi connectivity index (χ0) is 16.4. The highest BCUT2D eigenvalue weighted by atomic mass is 32.2. The Labute approximate surface area is 144 Å². The van der Waals surface area contributed by atoms with Gasteiger partial charge in [0.05, 0.1) is 11.4 Å². The maximum Gasteiger partial charge on any atom is 0.214 e. The van der Waals surface area contributed by atoms with Crippen molar-refractivity contribution in [2.24, 2.45) is 0 Å². The first kappa shape index (κ1) is 15.1. The van der Waals surface area contributed by atoms with Gasteiger partial charge in [0.1, 0.15) is 0 Å². The molecular formula is C18H16N4OS. The van der Waals surface area contributed by atoms with E-state index in [0.29, 0.717) is 10.9 Å². The molecule has 0 saturated heterocycles. The van der Waals surface area contributed by atoms with Crippen LogP contribution in [-0.2, 0) is 12.8 Å². The molecule has 3 aromatic rings. The number of ketones is 1. The smallest absolute Gasteiger partial charge is 0.214 e. The molecule has 4 rings (SSSR count). The number of benzene rings is 2. The lowest BCUT2D eigenvalue weighted by Gasteiger charge is -2.05. The number of carbonyl (C=O) groups is 1. The summed E-state index contributed by atoms with van der Waals surface area (Å²) in [6.45, 7) is 0. The third kappa shape index (κ3) is 2.97. The minimum absolute atomic E-state index is 0.109. The maximum atomic E-state index is 12.5. The molecule has 0 N–H and O–H groups in total. The van der Waals surface area contributed by atoms with Gasteiger partial charge in [-0.15, -0.1) is 5.10 Å². The van der Waals surface area contributed by atoms with E-state index in [0.717, 1.165) is 24.1 Å². The molecule has 24 heavy (non-hydrogen) atoms. The van der Waals surface area contributed by atoms with Crippen LogP contribution in [0.4, 0.5) is 0 Å². The summed E-state index contributed by atoms with van der Waals surface area (Å²) in [5, 5.41) is 12.4. The molecule has 0 spiro atoms. The van der Waals surface area contributed by atoms with E-state index in [1.54, 1.807) is 4.68 Å². The first-order chi connectivity index (χ1) is 11.8. The van der Waals surface area contributed by atoms with Crippen LogP contribution in [0.3, 0.4) is 0 Å². The first-order valence-corrected chi connectivity index (χ1v) is 8.91. The van der Waals surface area contributed by atoms with Crippen molar-refractivity contribution in [1.29, 1.82) is 0 Å². The fourth-order valence-corrected chi connectivity index (χ4v) is 3.74. The molecule has 0 saturated carbocycles. The number of aryl methyl sites for hydroxylation is 2. The number of rotatable bonds is 5. The normalized spacial score (nSPS) is 13.0. The summed E-state index contributed by atoms with van der Waals surface area (Å²) in [5.74, 6) is 0.434. The number of nitrogens with zero attached hydrogens (tertiary/aromatic N) is 4. The monoisotopic (exact) mass is 336 g/mol. The Bertz CT molecular complexity index is 876. The Hall–Kier alpha value is -2.47. The highest BCUT2D eigenvalue weighted by molar-refractivity contribution is 7.99. The van der Waals surface area contributed by atoms with E-state index in [1.807, 2.05) is 42.5 Å². The minimum atomic E-state index is 0.109. The van der Waals surface area contributed by atoms with Crippen LogP contribution in [0.1, 0.15) is 27.9 Å². The van der Waals surface area contributed by atoms with Gasteiger partial charge in [0, 0.05) is 5.56 Å². The summed E-state index contributed by atoms with van der Waals surface area (Å²) in [7, 11) is 0. The standard InChI is InChI=1S/C18H16N4OS/c23-17(15-10-9-13-5-4-6-14(13)11-15)12-24-18-19-20-21-22(18)16-7-2-1-3-8-16/h1-3,7-11H,4-6,12H2. The molecule has 1 heterocycles. The molecule has 120 valence electrons. The number of hydrogen-bond acceptors (Lipinski definition) is 5. The highest BCUT2D eigenvalue weighted by Gasteiger charge is 2.16. The van der Waals surface area contributed by atoms with E-state index in [2.05, 4.69) is 21.6 Å². The second kappa shape index (κ2) is 6.57. The topological polar surface area (TPSA) is 60.7 Å². The molecule has 0 aliphatic heterocycles. The molecule has 0 radical (unpaired) electrons. The van der Waals surface area contributed by atoms with Gasteiger partial charge < -0.3 is 0 Å². The second-order valence-electron chi connectivity index (χ2n) is 5.76. The lowest BCUT2D eigenvalue weighted by atomic mass is 10.0. The Morgan fingerprint density at radius 1 is 1.08 bits per heavy atom. The van der Waals surface area contributed by atoms with E-state index in [1.165, 1.54) is 29.3 Å². The minimum Gasteiger partial charge on any atom is -0.293 e. The van der Waals surface area contributed by atoms with Gasteiger partial charge in [-0.25, -0.2) is 0 Å². The van der Waals surface area contributed by atoms with Gasteiger partial charge in [-0.05, 0) is 59.0 Å². The van der Waals surface area contributed by atoms with Crippen molar-refractivity contribution < 1.29 is 4.79 Å². The molecule has 5 nitrogen and oxygen atoms in total. The number of tetrazole rings is 1. The quantitative estimate of drug-likeness (QED) is 0.529. The molecule has 1 aromatic heterocycles. The van der Waals surface area contributed by atoms with Gasteiger partial charge in [-0.3, -0.25) is 4.79 Å². The molecule has 0 fully saturated rings. The van der Waals surface area contributed by atoms with Gasteiger partial charge in [0.15, 0.2) is 5.78 Å². The molecule has 2 aromatic carbocycles. The van der Waals surface area contributed by atoms with Crippen molar-refractivity contribution in [3.63, 3.8) is 0 Å². The van der Waals surface area contributed by atoms with Crippen molar-refractivity contribution in [2.75, 3.05) is 5.75 Å². The molecule has 0 atom stereocenters. The van der Waals surface area contributed by atoms with E-state index in [9.17, 15) is 4.79 Å². The summed E-state index contributed by atoms with van der Waals surface area (Å²) in [6.07, 6.45) is 3.40. The number of thioether (sulfide) groups is 1. The fraction of sp³-hybridized carbons (Fsp3) is 0.222. The van der Waals surface area contributed by atoms with Crippen LogP contribution < -0.4 is 0 Å². The molecule has 0 amide bonds. The summed E-state index contributed by atoms with van der Waals surface area (Å²) in [5.41, 5.74) is 4.36. The molecule has 0 unspecified atom stereocenters. The Balaban J connectivity index is 1.48. The van der Waals surface area contributed by atoms with E-state index in [-0.39, 0.29) is 5.78 Å². The van der Waals surface area contributed by atoms with Crippen LogP contribution in [0.25, 0.3) is 5.69 Å². The number of carbonyl (C=O) groups excluding carboxylic acids is 1.